The minimum absolute atomic E-state index is 0. The molecule has 74 valence electrons. The van der Waals surface area contributed by atoms with Gasteiger partial charge in [0.25, 0.3) is 0 Å². The first kappa shape index (κ1) is 13.2. The number of benzene rings is 1. The fourth-order valence-electron chi connectivity index (χ4n) is 1.02. The largest absolute Gasteiger partial charge is 0.508 e. The summed E-state index contributed by atoms with van der Waals surface area (Å²) in [6.45, 7) is 1.83. The van der Waals surface area contributed by atoms with Crippen molar-refractivity contribution in [3.05, 3.63) is 26.6 Å². The van der Waals surface area contributed by atoms with Crippen molar-refractivity contribution in [2.45, 2.75) is 13.0 Å². The highest BCUT2D eigenvalue weighted by Crippen LogP contribution is 2.33. The Morgan fingerprint density at radius 3 is 2.31 bits per heavy atom. The van der Waals surface area contributed by atoms with Crippen molar-refractivity contribution in [2.75, 3.05) is 0 Å². The van der Waals surface area contributed by atoms with Crippen LogP contribution in [0.5, 0.6) is 5.75 Å². The Bertz CT molecular complexity index is 281. The quantitative estimate of drug-likeness (QED) is 0.829. The molecule has 1 atom stereocenters. The van der Waals surface area contributed by atoms with Crippen LogP contribution in [0, 0.1) is 0 Å². The molecule has 0 bridgehead atoms. The normalized spacial score (nSPS) is 12.0. The molecule has 0 heterocycles. The van der Waals surface area contributed by atoms with Gasteiger partial charge in [-0.15, -0.1) is 12.4 Å². The lowest BCUT2D eigenvalue weighted by molar-refractivity contribution is 0.462. The first-order valence-electron chi connectivity index (χ1n) is 3.46. The van der Waals surface area contributed by atoms with E-state index in [-0.39, 0.29) is 24.2 Å². The number of halogens is 3. The van der Waals surface area contributed by atoms with E-state index in [0.29, 0.717) is 0 Å². The fraction of sp³-hybridized carbons (Fsp3) is 0.250. The van der Waals surface area contributed by atoms with Gasteiger partial charge in [0.15, 0.2) is 0 Å². The molecule has 1 aromatic carbocycles. The summed E-state index contributed by atoms with van der Waals surface area (Å²) in [7, 11) is 0. The average molecular weight is 331 g/mol. The average Bonchev–Trinajstić information content (AvgIpc) is 1.82. The van der Waals surface area contributed by atoms with Gasteiger partial charge in [-0.05, 0) is 19.1 Å². The molecule has 0 aliphatic rings. The summed E-state index contributed by atoms with van der Waals surface area (Å²) in [6, 6.07) is 3.31. The number of phenolic OH excluding ortho intramolecular Hbond substituents is 1. The van der Waals surface area contributed by atoms with E-state index in [9.17, 15) is 5.11 Å². The molecule has 3 N–H and O–H groups in total. The van der Waals surface area contributed by atoms with Crippen LogP contribution in [0.3, 0.4) is 0 Å². The summed E-state index contributed by atoms with van der Waals surface area (Å²) in [5.74, 6) is 0.214. The molecular weight excluding hydrogens is 321 g/mol. The maximum Gasteiger partial charge on any atom is 0.122 e. The minimum atomic E-state index is -0.174. The van der Waals surface area contributed by atoms with Crippen molar-refractivity contribution in [2.24, 2.45) is 5.73 Å². The Hall–Kier alpha value is 0.230. The van der Waals surface area contributed by atoms with Crippen LogP contribution in [0.1, 0.15) is 18.5 Å². The maximum absolute atomic E-state index is 9.50. The molecule has 5 heteroatoms. The highest BCUT2D eigenvalue weighted by atomic mass is 79.9. The summed E-state index contributed by atoms with van der Waals surface area (Å²) < 4.78 is 1.65. The molecule has 0 unspecified atom stereocenters. The molecule has 0 saturated heterocycles. The molecule has 0 saturated carbocycles. The summed E-state index contributed by atoms with van der Waals surface area (Å²) in [5, 5.41) is 9.50. The van der Waals surface area contributed by atoms with Crippen LogP contribution >= 0.6 is 44.3 Å². The van der Waals surface area contributed by atoms with E-state index < -0.39 is 0 Å². The lowest BCUT2D eigenvalue weighted by Gasteiger charge is -2.10. The molecule has 2 nitrogen and oxygen atoms in total. The van der Waals surface area contributed by atoms with Crippen molar-refractivity contribution in [1.29, 1.82) is 0 Å². The summed E-state index contributed by atoms with van der Waals surface area (Å²) in [6.07, 6.45) is 0. The van der Waals surface area contributed by atoms with Gasteiger partial charge in [-0.1, -0.05) is 31.9 Å². The van der Waals surface area contributed by atoms with Crippen LogP contribution < -0.4 is 5.73 Å². The Kier molecular flexibility index (Phi) is 5.29. The SMILES string of the molecule is C[C@H](N)c1c(O)cc(Br)cc1Br.Cl. The first-order chi connectivity index (χ1) is 5.52. The molecular formula is C8H10Br2ClNO. The van der Waals surface area contributed by atoms with Gasteiger partial charge in [-0.3, -0.25) is 0 Å². The van der Waals surface area contributed by atoms with Crippen LogP contribution in [-0.2, 0) is 0 Å². The van der Waals surface area contributed by atoms with Gasteiger partial charge in [0, 0.05) is 20.6 Å². The van der Waals surface area contributed by atoms with Crippen LogP contribution in [0.15, 0.2) is 21.1 Å². The number of hydrogen-bond donors (Lipinski definition) is 2. The Morgan fingerprint density at radius 1 is 1.38 bits per heavy atom. The van der Waals surface area contributed by atoms with Crippen molar-refractivity contribution in [3.63, 3.8) is 0 Å². The van der Waals surface area contributed by atoms with E-state index in [0.717, 1.165) is 14.5 Å². The molecule has 0 fully saturated rings. The van der Waals surface area contributed by atoms with Crippen LogP contribution in [-0.4, -0.2) is 5.11 Å². The predicted octanol–water partition coefficient (Wildman–Crippen LogP) is 3.36. The Balaban J connectivity index is 0.00000144. The van der Waals surface area contributed by atoms with Crippen molar-refractivity contribution in [1.82, 2.24) is 0 Å². The van der Waals surface area contributed by atoms with E-state index in [1.165, 1.54) is 0 Å². The van der Waals surface area contributed by atoms with E-state index in [1.54, 1.807) is 6.07 Å². The third-order valence-corrected chi connectivity index (χ3v) is 2.64. The molecule has 0 spiro atoms. The zero-order valence-corrected chi connectivity index (χ0v) is 10.9. The lowest BCUT2D eigenvalue weighted by Crippen LogP contribution is -2.05. The molecule has 13 heavy (non-hydrogen) atoms. The lowest BCUT2D eigenvalue weighted by atomic mass is 10.1. The van der Waals surface area contributed by atoms with Crippen molar-refractivity contribution < 1.29 is 5.11 Å². The molecule has 0 aliphatic carbocycles. The zero-order chi connectivity index (χ0) is 9.30. The monoisotopic (exact) mass is 329 g/mol. The second-order valence-electron chi connectivity index (χ2n) is 2.61. The number of nitrogens with two attached hydrogens (primary N) is 1. The number of hydrogen-bond acceptors (Lipinski definition) is 2. The fourth-order valence-corrected chi connectivity index (χ4v) is 2.59. The third-order valence-electron chi connectivity index (χ3n) is 1.53. The molecule has 0 aromatic heterocycles. The van der Waals surface area contributed by atoms with Crippen LogP contribution in [0.2, 0.25) is 0 Å². The maximum atomic E-state index is 9.50. The standard InChI is InChI=1S/C8H9Br2NO.ClH/c1-4(11)8-6(10)2-5(9)3-7(8)12;/h2-4,12H,11H2,1H3;1H/t4-;/m0./s1. The van der Waals surface area contributed by atoms with E-state index in [1.807, 2.05) is 13.0 Å². The summed E-state index contributed by atoms with van der Waals surface area (Å²) >= 11 is 6.59. The number of phenols is 1. The zero-order valence-electron chi connectivity index (χ0n) is 6.92. The van der Waals surface area contributed by atoms with Gasteiger partial charge >= 0.3 is 0 Å². The van der Waals surface area contributed by atoms with Crippen LogP contribution in [0.25, 0.3) is 0 Å². The predicted molar refractivity (Wildman–Crippen MR) is 63.4 cm³/mol. The smallest absolute Gasteiger partial charge is 0.122 e. The highest BCUT2D eigenvalue weighted by molar-refractivity contribution is 9.11. The van der Waals surface area contributed by atoms with E-state index in [2.05, 4.69) is 31.9 Å². The molecule has 1 aromatic rings. The van der Waals surface area contributed by atoms with E-state index >= 15 is 0 Å². The van der Waals surface area contributed by atoms with Crippen molar-refractivity contribution >= 4 is 44.3 Å². The van der Waals surface area contributed by atoms with Crippen molar-refractivity contribution in [3.8, 4) is 5.75 Å². The second kappa shape index (κ2) is 5.20. The highest BCUT2D eigenvalue weighted by Gasteiger charge is 2.11. The van der Waals surface area contributed by atoms with Gasteiger partial charge in [0.1, 0.15) is 5.75 Å². The van der Waals surface area contributed by atoms with Gasteiger partial charge in [-0.25, -0.2) is 0 Å². The topological polar surface area (TPSA) is 46.2 Å². The van der Waals surface area contributed by atoms with Gasteiger partial charge in [0.2, 0.25) is 0 Å². The minimum Gasteiger partial charge on any atom is -0.508 e. The molecule has 0 aliphatic heterocycles. The van der Waals surface area contributed by atoms with Crippen LogP contribution in [0.4, 0.5) is 0 Å². The van der Waals surface area contributed by atoms with Gasteiger partial charge in [0.05, 0.1) is 0 Å². The first-order valence-corrected chi connectivity index (χ1v) is 5.04. The number of aromatic hydroxyl groups is 1. The Labute approximate surface area is 100 Å². The van der Waals surface area contributed by atoms with E-state index in [4.69, 9.17) is 5.73 Å². The molecule has 0 radical (unpaired) electrons. The number of rotatable bonds is 1. The summed E-state index contributed by atoms with van der Waals surface area (Å²) in [4.78, 5) is 0. The second-order valence-corrected chi connectivity index (χ2v) is 4.38. The molecule has 0 amide bonds. The third kappa shape index (κ3) is 3.13. The molecule has 1 rings (SSSR count). The van der Waals surface area contributed by atoms with Gasteiger partial charge < -0.3 is 10.8 Å². The summed E-state index contributed by atoms with van der Waals surface area (Å²) in [5.41, 5.74) is 6.39. The van der Waals surface area contributed by atoms with Gasteiger partial charge in [-0.2, -0.15) is 0 Å². The Morgan fingerprint density at radius 2 is 1.92 bits per heavy atom.